The fourth-order valence-electron chi connectivity index (χ4n) is 3.54. The van der Waals surface area contributed by atoms with Crippen LogP contribution in [0.2, 0.25) is 0 Å². The lowest BCUT2D eigenvalue weighted by Gasteiger charge is -2.21. The number of nitrogens with zero attached hydrogens (tertiary/aromatic N) is 1. The number of ether oxygens (including phenoxy) is 1. The van der Waals surface area contributed by atoms with Gasteiger partial charge in [-0.1, -0.05) is 12.1 Å². The fourth-order valence-corrected chi connectivity index (χ4v) is 3.54. The first-order valence-corrected chi connectivity index (χ1v) is 8.14. The van der Waals surface area contributed by atoms with Crippen molar-refractivity contribution in [3.63, 3.8) is 0 Å². The van der Waals surface area contributed by atoms with E-state index >= 15 is 0 Å². The summed E-state index contributed by atoms with van der Waals surface area (Å²) >= 11 is 0. The Morgan fingerprint density at radius 2 is 1.75 bits per heavy atom. The summed E-state index contributed by atoms with van der Waals surface area (Å²) < 4.78 is 28.6. The second-order valence-electron chi connectivity index (χ2n) is 6.34. The molecule has 134 valence electrons. The Morgan fingerprint density at radius 3 is 2.29 bits per heavy atom. The molecule has 2 fully saturated rings. The van der Waals surface area contributed by atoms with Crippen molar-refractivity contribution in [2.24, 2.45) is 11.8 Å². The van der Waals surface area contributed by atoms with Crippen LogP contribution in [0.15, 0.2) is 24.3 Å². The Morgan fingerprint density at radius 1 is 1.17 bits per heavy atom. The zero-order chi connectivity index (χ0) is 16.2. The van der Waals surface area contributed by atoms with Gasteiger partial charge in [0.2, 0.25) is 5.91 Å². The molecule has 2 saturated heterocycles. The van der Waals surface area contributed by atoms with Crippen LogP contribution in [-0.2, 0) is 11.2 Å². The molecule has 1 aromatic carbocycles. The molecule has 24 heavy (non-hydrogen) atoms. The number of carbonyl (C=O) groups is 1. The Hall–Kier alpha value is -1.40. The van der Waals surface area contributed by atoms with Gasteiger partial charge in [0.1, 0.15) is 5.75 Å². The number of hydrogen-bond acceptors (Lipinski definition) is 3. The summed E-state index contributed by atoms with van der Waals surface area (Å²) in [6.45, 7) is 0.938. The van der Waals surface area contributed by atoms with Crippen LogP contribution >= 0.6 is 12.4 Å². The average Bonchev–Trinajstić information content (AvgIpc) is 2.87. The highest BCUT2D eigenvalue weighted by Crippen LogP contribution is 2.27. The molecule has 0 bridgehead atoms. The number of likely N-dealkylation sites (tertiary alicyclic amines) is 1. The van der Waals surface area contributed by atoms with Gasteiger partial charge < -0.3 is 15.0 Å². The first kappa shape index (κ1) is 18.9. The van der Waals surface area contributed by atoms with E-state index in [1.54, 1.807) is 12.1 Å². The number of halogens is 3. The summed E-state index contributed by atoms with van der Waals surface area (Å²) in [6.07, 6.45) is 2.43. The van der Waals surface area contributed by atoms with Crippen LogP contribution in [0, 0.1) is 11.8 Å². The number of hydrogen-bond donors (Lipinski definition) is 1. The van der Waals surface area contributed by atoms with Gasteiger partial charge in [-0.25, -0.2) is 0 Å². The summed E-state index contributed by atoms with van der Waals surface area (Å²) in [6, 6.07) is 6.30. The highest BCUT2D eigenvalue weighted by atomic mass is 35.5. The van der Waals surface area contributed by atoms with Gasteiger partial charge in [-0.2, -0.15) is 8.78 Å². The molecule has 0 spiro atoms. The normalized spacial score (nSPS) is 23.4. The molecule has 4 nitrogen and oxygen atoms in total. The van der Waals surface area contributed by atoms with Crippen molar-refractivity contribution in [1.29, 1.82) is 0 Å². The number of benzene rings is 1. The van der Waals surface area contributed by atoms with E-state index in [2.05, 4.69) is 10.1 Å². The van der Waals surface area contributed by atoms with Crippen LogP contribution in [0.25, 0.3) is 0 Å². The van der Waals surface area contributed by atoms with Gasteiger partial charge in [0.15, 0.2) is 0 Å². The molecule has 1 aromatic rings. The average molecular weight is 361 g/mol. The van der Waals surface area contributed by atoms with E-state index in [1.807, 2.05) is 4.90 Å². The van der Waals surface area contributed by atoms with Crippen molar-refractivity contribution in [2.75, 3.05) is 26.2 Å². The third-order valence-corrected chi connectivity index (χ3v) is 4.88. The predicted octanol–water partition coefficient (Wildman–Crippen LogP) is 2.71. The highest BCUT2D eigenvalue weighted by molar-refractivity contribution is 5.85. The van der Waals surface area contributed by atoms with E-state index in [0.29, 0.717) is 18.3 Å². The topological polar surface area (TPSA) is 41.6 Å². The van der Waals surface area contributed by atoms with E-state index in [1.165, 1.54) is 12.1 Å². The van der Waals surface area contributed by atoms with E-state index in [4.69, 9.17) is 0 Å². The second-order valence-corrected chi connectivity index (χ2v) is 6.34. The molecule has 0 saturated carbocycles. The van der Waals surface area contributed by atoms with Crippen molar-refractivity contribution in [3.05, 3.63) is 29.8 Å². The van der Waals surface area contributed by atoms with Crippen molar-refractivity contribution in [3.8, 4) is 5.75 Å². The van der Waals surface area contributed by atoms with Crippen molar-refractivity contribution >= 4 is 18.3 Å². The number of amides is 1. The molecule has 0 unspecified atom stereocenters. The Kier molecular flexibility index (Phi) is 6.80. The van der Waals surface area contributed by atoms with Gasteiger partial charge in [0, 0.05) is 13.1 Å². The third-order valence-electron chi connectivity index (χ3n) is 4.88. The van der Waals surface area contributed by atoms with E-state index in [0.717, 1.165) is 44.6 Å². The summed E-state index contributed by atoms with van der Waals surface area (Å²) in [5.41, 5.74) is 0.822. The van der Waals surface area contributed by atoms with Crippen molar-refractivity contribution in [2.45, 2.75) is 25.9 Å². The number of alkyl halides is 2. The van der Waals surface area contributed by atoms with Gasteiger partial charge in [-0.3, -0.25) is 4.79 Å². The molecular formula is C17H23ClF2N2O2. The number of rotatable bonds is 4. The zero-order valence-electron chi connectivity index (χ0n) is 13.4. The smallest absolute Gasteiger partial charge is 0.387 e. The second kappa shape index (κ2) is 8.62. The van der Waals surface area contributed by atoms with Gasteiger partial charge >= 0.3 is 6.61 Å². The van der Waals surface area contributed by atoms with Gasteiger partial charge in [-0.15, -0.1) is 12.4 Å². The van der Waals surface area contributed by atoms with E-state index in [9.17, 15) is 13.6 Å². The van der Waals surface area contributed by atoms with Gasteiger partial charge in [0.25, 0.3) is 0 Å². The van der Waals surface area contributed by atoms with Crippen LogP contribution < -0.4 is 10.1 Å². The fraction of sp³-hybridized carbons (Fsp3) is 0.588. The van der Waals surface area contributed by atoms with Crippen LogP contribution in [0.5, 0.6) is 5.75 Å². The molecular weight excluding hydrogens is 338 g/mol. The first-order valence-electron chi connectivity index (χ1n) is 8.14. The zero-order valence-corrected chi connectivity index (χ0v) is 14.2. The Balaban J connectivity index is 0.00000208. The maximum absolute atomic E-state index is 12.5. The molecule has 7 heteroatoms. The molecule has 3 rings (SSSR count). The largest absolute Gasteiger partial charge is 0.435 e. The maximum atomic E-state index is 12.5. The van der Waals surface area contributed by atoms with Crippen LogP contribution in [0.4, 0.5) is 8.78 Å². The van der Waals surface area contributed by atoms with Crippen LogP contribution in [0.3, 0.4) is 0 Å². The third kappa shape index (κ3) is 4.80. The SMILES string of the molecule is Cl.O=C(Cc1ccc(OC(F)F)cc1)N1CC[C@@H]2CNC[C@@H]2CC1. The van der Waals surface area contributed by atoms with Crippen molar-refractivity contribution in [1.82, 2.24) is 10.2 Å². The minimum Gasteiger partial charge on any atom is -0.435 e. The standard InChI is InChI=1S/C17H22F2N2O2.ClH/c18-17(19)23-15-3-1-12(2-4-15)9-16(22)21-7-5-13-10-20-11-14(13)6-8-21;/h1-4,13-14,17,20H,5-11H2;1H/t13-,14+;. The predicted molar refractivity (Wildman–Crippen MR) is 89.7 cm³/mol. The molecule has 1 amide bonds. The maximum Gasteiger partial charge on any atom is 0.387 e. The van der Waals surface area contributed by atoms with Gasteiger partial charge in [-0.05, 0) is 55.5 Å². The summed E-state index contributed by atoms with van der Waals surface area (Å²) in [7, 11) is 0. The van der Waals surface area contributed by atoms with Crippen molar-refractivity contribution < 1.29 is 18.3 Å². The number of nitrogens with one attached hydrogen (secondary N) is 1. The van der Waals surface area contributed by atoms with Gasteiger partial charge in [0.05, 0.1) is 6.42 Å². The monoisotopic (exact) mass is 360 g/mol. The molecule has 2 atom stereocenters. The highest BCUT2D eigenvalue weighted by Gasteiger charge is 2.31. The lowest BCUT2D eigenvalue weighted by Crippen LogP contribution is -2.33. The number of fused-ring (bicyclic) bond motifs is 1. The number of carbonyl (C=O) groups excluding carboxylic acids is 1. The van der Waals surface area contributed by atoms with Crippen LogP contribution in [-0.4, -0.2) is 43.6 Å². The minimum atomic E-state index is -2.83. The van der Waals surface area contributed by atoms with Crippen LogP contribution in [0.1, 0.15) is 18.4 Å². The molecule has 2 aliphatic rings. The molecule has 2 aliphatic heterocycles. The quantitative estimate of drug-likeness (QED) is 0.897. The minimum absolute atomic E-state index is 0. The first-order chi connectivity index (χ1) is 11.1. The summed E-state index contributed by atoms with van der Waals surface area (Å²) in [4.78, 5) is 14.4. The Labute approximate surface area is 147 Å². The molecule has 1 N–H and O–H groups in total. The molecule has 0 aromatic heterocycles. The van der Waals surface area contributed by atoms with E-state index < -0.39 is 6.61 Å². The molecule has 0 aliphatic carbocycles. The molecule has 2 heterocycles. The summed E-state index contributed by atoms with van der Waals surface area (Å²) in [5, 5.41) is 3.43. The van der Waals surface area contributed by atoms with E-state index in [-0.39, 0.29) is 24.1 Å². The Bertz CT molecular complexity index is 528. The lowest BCUT2D eigenvalue weighted by atomic mass is 9.92. The summed E-state index contributed by atoms with van der Waals surface area (Å²) in [5.74, 6) is 1.61. The molecule has 0 radical (unpaired) electrons. The lowest BCUT2D eigenvalue weighted by molar-refractivity contribution is -0.130.